The third-order valence-corrected chi connectivity index (χ3v) is 1.43. The first-order valence-corrected chi connectivity index (χ1v) is 4.04. The third-order valence-electron chi connectivity index (χ3n) is 1.43. The Hall–Kier alpha value is -1.39. The molecule has 72 valence electrons. The van der Waals surface area contributed by atoms with Gasteiger partial charge in [-0.2, -0.15) is 4.98 Å². The van der Waals surface area contributed by atoms with Crippen molar-refractivity contribution >= 4 is 0 Å². The van der Waals surface area contributed by atoms with Crippen molar-refractivity contribution < 1.29 is 0 Å². The van der Waals surface area contributed by atoms with E-state index in [4.69, 9.17) is 0 Å². The summed E-state index contributed by atoms with van der Waals surface area (Å²) in [4.78, 5) is 27.4. The first kappa shape index (κ1) is 9.70. The van der Waals surface area contributed by atoms with Crippen LogP contribution in [-0.2, 0) is 6.54 Å². The number of aromatic amines is 1. The van der Waals surface area contributed by atoms with Gasteiger partial charge in [0.05, 0.1) is 0 Å². The van der Waals surface area contributed by atoms with Gasteiger partial charge in [-0.3, -0.25) is 9.55 Å². The van der Waals surface area contributed by atoms with Gasteiger partial charge in [0, 0.05) is 6.54 Å². The number of aromatic nitrogens is 3. The first-order valence-electron chi connectivity index (χ1n) is 4.04. The van der Waals surface area contributed by atoms with E-state index in [1.54, 1.807) is 0 Å². The van der Waals surface area contributed by atoms with Crippen molar-refractivity contribution in [3.63, 3.8) is 0 Å². The molecule has 1 rings (SSSR count). The van der Waals surface area contributed by atoms with Gasteiger partial charge in [-0.15, -0.1) is 0 Å². The minimum Gasteiger partial charge on any atom is -0.284 e. The van der Waals surface area contributed by atoms with Crippen LogP contribution >= 0.6 is 0 Å². The van der Waals surface area contributed by atoms with Crippen molar-refractivity contribution in [1.29, 1.82) is 0 Å². The Labute approximate surface area is 75.4 Å². The van der Waals surface area contributed by atoms with E-state index in [0.717, 1.165) is 0 Å². The standard InChI is InChI=1S/C8H13N3O2/c1-8(2,3)4-11-5-9-6(12)10-7(11)13/h5H,4H2,1-3H3,(H,10,12,13). The topological polar surface area (TPSA) is 67.8 Å². The minimum absolute atomic E-state index is 0.0102. The molecule has 0 fully saturated rings. The lowest BCUT2D eigenvalue weighted by atomic mass is 9.97. The van der Waals surface area contributed by atoms with Crippen LogP contribution < -0.4 is 11.4 Å². The zero-order valence-electron chi connectivity index (χ0n) is 8.00. The van der Waals surface area contributed by atoms with Gasteiger partial charge >= 0.3 is 11.4 Å². The van der Waals surface area contributed by atoms with E-state index in [-0.39, 0.29) is 5.41 Å². The van der Waals surface area contributed by atoms with E-state index in [1.165, 1.54) is 10.9 Å². The lowest BCUT2D eigenvalue weighted by Gasteiger charge is -2.18. The molecule has 0 aromatic carbocycles. The zero-order chi connectivity index (χ0) is 10.1. The van der Waals surface area contributed by atoms with E-state index >= 15 is 0 Å². The van der Waals surface area contributed by atoms with Gasteiger partial charge in [0.15, 0.2) is 0 Å². The Kier molecular flexibility index (Phi) is 2.36. The summed E-state index contributed by atoms with van der Waals surface area (Å²) < 4.78 is 1.39. The van der Waals surface area contributed by atoms with Crippen molar-refractivity contribution in [2.24, 2.45) is 5.41 Å². The summed E-state index contributed by atoms with van der Waals surface area (Å²) in [6.45, 7) is 6.55. The molecule has 13 heavy (non-hydrogen) atoms. The van der Waals surface area contributed by atoms with Gasteiger partial charge in [-0.05, 0) is 5.41 Å². The minimum atomic E-state index is -0.602. The zero-order valence-corrected chi connectivity index (χ0v) is 8.00. The highest BCUT2D eigenvalue weighted by atomic mass is 16.2. The Balaban J connectivity index is 3.04. The molecule has 0 atom stereocenters. The molecule has 0 aliphatic rings. The van der Waals surface area contributed by atoms with Crippen LogP contribution in [-0.4, -0.2) is 14.5 Å². The van der Waals surface area contributed by atoms with E-state index in [2.05, 4.69) is 9.97 Å². The second-order valence-corrected chi connectivity index (χ2v) is 4.17. The van der Waals surface area contributed by atoms with Gasteiger partial charge < -0.3 is 0 Å². The highest BCUT2D eigenvalue weighted by molar-refractivity contribution is 4.71. The fourth-order valence-electron chi connectivity index (χ4n) is 0.994. The number of rotatable bonds is 1. The van der Waals surface area contributed by atoms with E-state index in [0.29, 0.717) is 6.54 Å². The van der Waals surface area contributed by atoms with Crippen LogP contribution in [0.5, 0.6) is 0 Å². The van der Waals surface area contributed by atoms with Crippen molar-refractivity contribution in [3.05, 3.63) is 27.3 Å². The average Bonchev–Trinajstić information content (AvgIpc) is 1.93. The Morgan fingerprint density at radius 1 is 1.46 bits per heavy atom. The lowest BCUT2D eigenvalue weighted by molar-refractivity contribution is 0.332. The van der Waals surface area contributed by atoms with Gasteiger partial charge in [0.2, 0.25) is 0 Å². The molecule has 5 nitrogen and oxygen atoms in total. The summed E-state index contributed by atoms with van der Waals surface area (Å²) in [5.74, 6) is 0. The first-order chi connectivity index (χ1) is 5.88. The Morgan fingerprint density at radius 3 is 2.54 bits per heavy atom. The van der Waals surface area contributed by atoms with E-state index < -0.39 is 11.4 Å². The molecule has 0 amide bonds. The Bertz CT molecular complexity index is 397. The molecule has 5 heteroatoms. The smallest absolute Gasteiger partial charge is 0.284 e. The second kappa shape index (κ2) is 3.16. The fourth-order valence-corrected chi connectivity index (χ4v) is 0.994. The van der Waals surface area contributed by atoms with Crippen LogP contribution in [0.2, 0.25) is 0 Å². The molecule has 1 aromatic rings. The number of hydrogen-bond acceptors (Lipinski definition) is 3. The molecular weight excluding hydrogens is 170 g/mol. The van der Waals surface area contributed by atoms with Gasteiger partial charge in [0.25, 0.3) is 0 Å². The van der Waals surface area contributed by atoms with Crippen molar-refractivity contribution in [1.82, 2.24) is 14.5 Å². The maximum absolute atomic E-state index is 11.2. The fraction of sp³-hybridized carbons (Fsp3) is 0.625. The summed E-state index contributed by atoms with van der Waals surface area (Å²) in [6.07, 6.45) is 1.27. The average molecular weight is 183 g/mol. The summed E-state index contributed by atoms with van der Waals surface area (Å²) in [5, 5.41) is 0. The Morgan fingerprint density at radius 2 is 2.08 bits per heavy atom. The molecule has 0 saturated heterocycles. The highest BCUT2D eigenvalue weighted by Gasteiger charge is 2.11. The summed E-state index contributed by atoms with van der Waals surface area (Å²) >= 11 is 0. The molecule has 0 aliphatic carbocycles. The van der Waals surface area contributed by atoms with Crippen molar-refractivity contribution in [3.8, 4) is 0 Å². The number of nitrogens with zero attached hydrogens (tertiary/aromatic N) is 2. The van der Waals surface area contributed by atoms with Gasteiger partial charge in [-0.1, -0.05) is 20.8 Å². The largest absolute Gasteiger partial charge is 0.350 e. The molecule has 0 bridgehead atoms. The summed E-state index contributed by atoms with van der Waals surface area (Å²) in [5.41, 5.74) is -1.02. The van der Waals surface area contributed by atoms with Crippen molar-refractivity contribution in [2.45, 2.75) is 27.3 Å². The van der Waals surface area contributed by atoms with E-state index in [9.17, 15) is 9.59 Å². The molecule has 0 aliphatic heterocycles. The molecule has 0 radical (unpaired) electrons. The SMILES string of the molecule is CC(C)(C)Cn1cnc(=O)[nH]c1=O. The predicted octanol–water partition coefficient (Wildman–Crippen LogP) is -0.0223. The summed E-state index contributed by atoms with van der Waals surface area (Å²) in [7, 11) is 0. The van der Waals surface area contributed by atoms with Crippen LogP contribution in [0.1, 0.15) is 20.8 Å². The molecule has 0 spiro atoms. The van der Waals surface area contributed by atoms with Gasteiger partial charge in [-0.25, -0.2) is 9.59 Å². The van der Waals surface area contributed by atoms with Crippen LogP contribution in [0.15, 0.2) is 15.9 Å². The molecule has 1 heterocycles. The van der Waals surface area contributed by atoms with Crippen LogP contribution in [0.25, 0.3) is 0 Å². The lowest BCUT2D eigenvalue weighted by Crippen LogP contribution is -2.34. The molecule has 1 N–H and O–H groups in total. The molecule has 0 unspecified atom stereocenters. The highest BCUT2D eigenvalue weighted by Crippen LogP contribution is 2.13. The van der Waals surface area contributed by atoms with Crippen LogP contribution in [0.3, 0.4) is 0 Å². The number of nitrogens with one attached hydrogen (secondary N) is 1. The van der Waals surface area contributed by atoms with E-state index in [1.807, 2.05) is 20.8 Å². The van der Waals surface area contributed by atoms with Crippen LogP contribution in [0, 0.1) is 5.41 Å². The maximum Gasteiger partial charge on any atom is 0.350 e. The van der Waals surface area contributed by atoms with Crippen LogP contribution in [0.4, 0.5) is 0 Å². The predicted molar refractivity (Wildman–Crippen MR) is 48.6 cm³/mol. The van der Waals surface area contributed by atoms with Gasteiger partial charge in [0.1, 0.15) is 6.33 Å². The third kappa shape index (κ3) is 2.85. The summed E-state index contributed by atoms with van der Waals surface area (Å²) in [6, 6.07) is 0. The maximum atomic E-state index is 11.2. The normalized spacial score (nSPS) is 11.6. The molecular formula is C8H13N3O2. The van der Waals surface area contributed by atoms with Crippen molar-refractivity contribution in [2.75, 3.05) is 0 Å². The quantitative estimate of drug-likeness (QED) is 0.665. The molecule has 1 aromatic heterocycles. The number of hydrogen-bond donors (Lipinski definition) is 1. The molecule has 0 saturated carbocycles. The second-order valence-electron chi connectivity index (χ2n) is 4.17. The monoisotopic (exact) mass is 183 g/mol. The number of H-pyrrole nitrogens is 1.